The van der Waals surface area contributed by atoms with E-state index in [1.807, 2.05) is 36.7 Å². The molecule has 0 atom stereocenters. The fraction of sp³-hybridized carbons (Fsp3) is 0.654. The Morgan fingerprint density at radius 2 is 1.64 bits per heavy atom. The maximum atomic E-state index is 12.7. The van der Waals surface area contributed by atoms with Gasteiger partial charge >= 0.3 is 6.09 Å². The average Bonchev–Trinajstić information content (AvgIpc) is 3.28. The number of carbonyl (C=O) groups excluding carboxylic acids is 2. The molecule has 4 rings (SSSR count). The third kappa shape index (κ3) is 7.26. The fourth-order valence-corrected chi connectivity index (χ4v) is 5.54. The largest absolute Gasteiger partial charge is 0.444 e. The van der Waals surface area contributed by atoms with Crippen LogP contribution in [0.3, 0.4) is 0 Å². The van der Waals surface area contributed by atoms with Crippen molar-refractivity contribution >= 4 is 46.7 Å². The number of anilines is 1. The standard InChI is InChI=1S/C26H37Cl2N5O3/c1-26(2,3)36-25(35)32-13-8-19(9-14-32)18-6-11-31(12-7-18)17-24(34)29-23-10-15-33(30-23)20-4-5-21(27)22(28)16-20/h4-5,16,18-19H,6-15,17H2,1-3H3,(H,29,30,34). The normalized spacial score (nSPS) is 20.4. The number of nitrogens with one attached hydrogen (secondary N) is 1. The van der Waals surface area contributed by atoms with Crippen LogP contribution in [-0.2, 0) is 9.53 Å². The van der Waals surface area contributed by atoms with E-state index in [-0.39, 0.29) is 12.0 Å². The van der Waals surface area contributed by atoms with E-state index < -0.39 is 5.60 Å². The van der Waals surface area contributed by atoms with Gasteiger partial charge in [0.1, 0.15) is 11.4 Å². The maximum absolute atomic E-state index is 12.7. The highest BCUT2D eigenvalue weighted by Gasteiger charge is 2.32. The minimum absolute atomic E-state index is 0.0196. The van der Waals surface area contributed by atoms with Crippen LogP contribution in [-0.4, -0.2) is 72.5 Å². The molecule has 1 N–H and O–H groups in total. The topological polar surface area (TPSA) is 77.5 Å². The third-order valence-electron chi connectivity index (χ3n) is 7.14. The summed E-state index contributed by atoms with van der Waals surface area (Å²) in [6.07, 6.45) is 4.72. The second-order valence-electron chi connectivity index (χ2n) is 11.0. The molecule has 0 aromatic heterocycles. The van der Waals surface area contributed by atoms with Gasteiger partial charge in [-0.25, -0.2) is 4.79 Å². The smallest absolute Gasteiger partial charge is 0.410 e. The summed E-state index contributed by atoms with van der Waals surface area (Å²) >= 11 is 12.1. The van der Waals surface area contributed by atoms with E-state index in [0.717, 1.165) is 57.5 Å². The van der Waals surface area contributed by atoms with Crippen LogP contribution in [0.25, 0.3) is 0 Å². The number of nitrogens with zero attached hydrogens (tertiary/aromatic N) is 4. The number of ether oxygens (including phenoxy) is 1. The lowest BCUT2D eigenvalue weighted by Gasteiger charge is -2.40. The molecule has 2 amide bonds. The first-order chi connectivity index (χ1) is 17.1. The van der Waals surface area contributed by atoms with Gasteiger partial charge in [0, 0.05) is 26.1 Å². The van der Waals surface area contributed by atoms with Crippen molar-refractivity contribution in [2.75, 3.05) is 44.3 Å². The predicted molar refractivity (Wildman–Crippen MR) is 144 cm³/mol. The van der Waals surface area contributed by atoms with Crippen LogP contribution < -0.4 is 10.3 Å². The van der Waals surface area contributed by atoms with Crippen molar-refractivity contribution in [3.05, 3.63) is 28.2 Å². The Labute approximate surface area is 223 Å². The van der Waals surface area contributed by atoms with Crippen molar-refractivity contribution in [1.29, 1.82) is 0 Å². The number of hydrogen-bond donors (Lipinski definition) is 1. The maximum Gasteiger partial charge on any atom is 0.410 e. The average molecular weight is 539 g/mol. The molecule has 8 nitrogen and oxygen atoms in total. The van der Waals surface area contributed by atoms with Gasteiger partial charge in [0.15, 0.2) is 0 Å². The molecule has 0 spiro atoms. The summed E-state index contributed by atoms with van der Waals surface area (Å²) in [6, 6.07) is 5.40. The number of carbonyl (C=O) groups is 2. The highest BCUT2D eigenvalue weighted by Crippen LogP contribution is 2.33. The molecule has 0 radical (unpaired) electrons. The molecular weight excluding hydrogens is 501 g/mol. The first kappa shape index (κ1) is 27.0. The SMILES string of the molecule is CC(C)(C)OC(=O)N1CCC(C2CCN(CC(=O)NC3=NN(c4ccc(Cl)c(Cl)c4)CC3)CC2)CC1. The van der Waals surface area contributed by atoms with Gasteiger partial charge in [0.2, 0.25) is 5.91 Å². The first-order valence-electron chi connectivity index (χ1n) is 12.9. The number of hydrazone groups is 1. The number of hydrogen-bond acceptors (Lipinski definition) is 6. The van der Waals surface area contributed by atoms with Crippen molar-refractivity contribution < 1.29 is 14.3 Å². The lowest BCUT2D eigenvalue weighted by Crippen LogP contribution is -2.46. The van der Waals surface area contributed by atoms with Crippen LogP contribution in [0.2, 0.25) is 10.0 Å². The number of likely N-dealkylation sites (tertiary alicyclic amines) is 2. The van der Waals surface area contributed by atoms with Crippen LogP contribution in [0, 0.1) is 11.8 Å². The van der Waals surface area contributed by atoms with Gasteiger partial charge < -0.3 is 15.0 Å². The third-order valence-corrected chi connectivity index (χ3v) is 7.88. The summed E-state index contributed by atoms with van der Waals surface area (Å²) in [4.78, 5) is 29.0. The Morgan fingerprint density at radius 1 is 1.00 bits per heavy atom. The molecule has 3 heterocycles. The Bertz CT molecular complexity index is 980. The lowest BCUT2D eigenvalue weighted by atomic mass is 9.79. The number of amidine groups is 1. The fourth-order valence-electron chi connectivity index (χ4n) is 5.24. The lowest BCUT2D eigenvalue weighted by molar-refractivity contribution is -0.121. The molecule has 2 fully saturated rings. The van der Waals surface area contributed by atoms with E-state index in [1.54, 1.807) is 12.1 Å². The van der Waals surface area contributed by atoms with Gasteiger partial charge in [-0.1, -0.05) is 23.2 Å². The Hall–Kier alpha value is -2.03. The van der Waals surface area contributed by atoms with E-state index >= 15 is 0 Å². The van der Waals surface area contributed by atoms with Crippen LogP contribution in [0.4, 0.5) is 10.5 Å². The van der Waals surface area contributed by atoms with Gasteiger partial charge in [0.25, 0.3) is 0 Å². The van der Waals surface area contributed by atoms with Crippen molar-refractivity contribution in [3.63, 3.8) is 0 Å². The summed E-state index contributed by atoms with van der Waals surface area (Å²) in [5, 5.41) is 10.3. The van der Waals surface area contributed by atoms with Crippen LogP contribution in [0.15, 0.2) is 23.3 Å². The second-order valence-corrected chi connectivity index (χ2v) is 11.8. The molecule has 0 saturated carbocycles. The van der Waals surface area contributed by atoms with Crippen molar-refractivity contribution in [2.24, 2.45) is 16.9 Å². The summed E-state index contributed by atoms with van der Waals surface area (Å²) in [5.74, 6) is 1.95. The molecule has 2 saturated heterocycles. The van der Waals surface area contributed by atoms with E-state index in [2.05, 4.69) is 15.3 Å². The number of piperidine rings is 2. The van der Waals surface area contributed by atoms with E-state index in [4.69, 9.17) is 27.9 Å². The summed E-state index contributed by atoms with van der Waals surface area (Å²) < 4.78 is 5.52. The Kier molecular flexibility index (Phi) is 8.68. The number of rotatable bonds is 4. The molecule has 3 aliphatic heterocycles. The van der Waals surface area contributed by atoms with Crippen molar-refractivity contribution in [1.82, 2.24) is 15.1 Å². The molecule has 1 aromatic rings. The monoisotopic (exact) mass is 537 g/mol. The first-order valence-corrected chi connectivity index (χ1v) is 13.6. The van der Waals surface area contributed by atoms with E-state index in [1.165, 1.54) is 0 Å². The van der Waals surface area contributed by atoms with Gasteiger partial charge in [-0.3, -0.25) is 14.7 Å². The molecule has 1 aromatic carbocycles. The number of halogens is 2. The quantitative estimate of drug-likeness (QED) is 0.585. The summed E-state index contributed by atoms with van der Waals surface area (Å²) in [7, 11) is 0. The molecule has 0 aliphatic carbocycles. The second kappa shape index (κ2) is 11.6. The Balaban J connectivity index is 1.17. The number of benzene rings is 1. The van der Waals surface area contributed by atoms with Gasteiger partial charge in [-0.05, 0) is 89.6 Å². The minimum atomic E-state index is -0.457. The number of amides is 2. The molecule has 0 unspecified atom stereocenters. The van der Waals surface area contributed by atoms with Gasteiger partial charge in [-0.2, -0.15) is 5.10 Å². The van der Waals surface area contributed by atoms with Crippen molar-refractivity contribution in [2.45, 2.75) is 58.5 Å². The van der Waals surface area contributed by atoms with E-state index in [9.17, 15) is 9.59 Å². The zero-order chi connectivity index (χ0) is 25.9. The van der Waals surface area contributed by atoms with E-state index in [0.29, 0.717) is 47.2 Å². The molecule has 198 valence electrons. The van der Waals surface area contributed by atoms with Crippen LogP contribution >= 0.6 is 23.2 Å². The highest BCUT2D eigenvalue weighted by molar-refractivity contribution is 6.42. The molecule has 0 bridgehead atoms. The highest BCUT2D eigenvalue weighted by atomic mass is 35.5. The molecule has 3 aliphatic rings. The molecule has 36 heavy (non-hydrogen) atoms. The zero-order valence-electron chi connectivity index (χ0n) is 21.4. The van der Waals surface area contributed by atoms with Crippen LogP contribution in [0.1, 0.15) is 52.9 Å². The van der Waals surface area contributed by atoms with Crippen molar-refractivity contribution in [3.8, 4) is 0 Å². The van der Waals surface area contributed by atoms with Gasteiger partial charge in [0.05, 0.1) is 22.3 Å². The van der Waals surface area contributed by atoms with Gasteiger partial charge in [-0.15, -0.1) is 0 Å². The molecular formula is C26H37Cl2N5O3. The zero-order valence-corrected chi connectivity index (χ0v) is 22.9. The Morgan fingerprint density at radius 3 is 2.25 bits per heavy atom. The molecule has 10 heteroatoms. The summed E-state index contributed by atoms with van der Waals surface area (Å²) in [6.45, 7) is 10.2. The minimum Gasteiger partial charge on any atom is -0.444 e. The summed E-state index contributed by atoms with van der Waals surface area (Å²) in [5.41, 5.74) is 0.398. The van der Waals surface area contributed by atoms with Crippen LogP contribution in [0.5, 0.6) is 0 Å². The predicted octanol–water partition coefficient (Wildman–Crippen LogP) is 4.99.